The number of carbonyl (C=O) groups excluding carboxylic acids is 1. The Morgan fingerprint density at radius 2 is 2.04 bits per heavy atom. The molecule has 11 heteroatoms. The van der Waals surface area contributed by atoms with Gasteiger partial charge in [0.25, 0.3) is 11.5 Å². The van der Waals surface area contributed by atoms with E-state index in [-0.39, 0.29) is 18.3 Å². The van der Waals surface area contributed by atoms with E-state index in [0.717, 1.165) is 11.0 Å². The van der Waals surface area contributed by atoms with Gasteiger partial charge in [-0.15, -0.1) is 0 Å². The van der Waals surface area contributed by atoms with Gasteiger partial charge in [0, 0.05) is 13.2 Å². The maximum Gasteiger partial charge on any atom is 0.431 e. The Labute approximate surface area is 149 Å². The minimum Gasteiger partial charge on any atom is -0.337 e. The van der Waals surface area contributed by atoms with E-state index in [1.165, 1.54) is 7.05 Å². The molecule has 0 aliphatic rings. The minimum atomic E-state index is -4.71. The summed E-state index contributed by atoms with van der Waals surface area (Å²) in [4.78, 5) is 35.0. The number of rotatable bonds is 4. The lowest BCUT2D eigenvalue weighted by molar-refractivity contribution is -0.141. The Morgan fingerprint density at radius 1 is 1.26 bits per heavy atom. The Morgan fingerprint density at radius 3 is 2.67 bits per heavy atom. The molecule has 0 saturated heterocycles. The molecule has 3 rings (SSSR count). The van der Waals surface area contributed by atoms with Crippen LogP contribution in [0.5, 0.6) is 0 Å². The van der Waals surface area contributed by atoms with Crippen molar-refractivity contribution in [1.82, 2.24) is 25.0 Å². The van der Waals surface area contributed by atoms with E-state index in [2.05, 4.69) is 15.1 Å². The second-order valence-electron chi connectivity index (χ2n) is 5.50. The quantitative estimate of drug-likeness (QED) is 0.744. The maximum absolute atomic E-state index is 12.6. The first-order chi connectivity index (χ1) is 12.8. The van der Waals surface area contributed by atoms with Gasteiger partial charge in [-0.3, -0.25) is 14.6 Å². The summed E-state index contributed by atoms with van der Waals surface area (Å²) in [5.41, 5.74) is -2.33. The highest BCUT2D eigenvalue weighted by molar-refractivity contribution is 5.93. The summed E-state index contributed by atoms with van der Waals surface area (Å²) < 4.78 is 42.8. The number of hydrogen-bond donors (Lipinski definition) is 1. The number of aromatic nitrogens is 4. The number of halogens is 3. The van der Waals surface area contributed by atoms with Crippen molar-refractivity contribution in [3.8, 4) is 11.5 Å². The zero-order chi connectivity index (χ0) is 19.6. The molecule has 8 nitrogen and oxygen atoms in total. The molecule has 140 valence electrons. The van der Waals surface area contributed by atoms with Crippen molar-refractivity contribution in [2.75, 3.05) is 7.05 Å². The summed E-state index contributed by atoms with van der Waals surface area (Å²) in [6.07, 6.45) is -3.16. The van der Waals surface area contributed by atoms with Gasteiger partial charge in [-0.2, -0.15) is 18.2 Å². The number of nitrogens with zero attached hydrogens (tertiary/aromatic N) is 4. The molecule has 0 spiro atoms. The van der Waals surface area contributed by atoms with Crippen LogP contribution in [0.15, 0.2) is 45.8 Å². The minimum absolute atomic E-state index is 0.0786. The smallest absolute Gasteiger partial charge is 0.337 e. The highest BCUT2D eigenvalue weighted by Gasteiger charge is 2.32. The lowest BCUT2D eigenvalue weighted by atomic mass is 10.2. The predicted octanol–water partition coefficient (Wildman–Crippen LogP) is 2.11. The monoisotopic (exact) mass is 379 g/mol. The highest BCUT2D eigenvalue weighted by atomic mass is 19.4. The highest BCUT2D eigenvalue weighted by Crippen LogP contribution is 2.26. The molecule has 3 aromatic rings. The average molecular weight is 379 g/mol. The molecular weight excluding hydrogens is 367 g/mol. The lowest BCUT2D eigenvalue weighted by Gasteiger charge is -2.14. The largest absolute Gasteiger partial charge is 0.431 e. The van der Waals surface area contributed by atoms with Crippen molar-refractivity contribution in [1.29, 1.82) is 0 Å². The van der Waals surface area contributed by atoms with Crippen molar-refractivity contribution in [3.63, 3.8) is 0 Å². The Bertz CT molecular complexity index is 1010. The van der Waals surface area contributed by atoms with Crippen molar-refractivity contribution < 1.29 is 22.5 Å². The number of H-pyrrole nitrogens is 1. The SMILES string of the molecule is CN(Cc1nc(-c2ccccn2)no1)C(=O)c1ccc(C(F)(F)F)[nH]c1=O. The number of hydrogen-bond acceptors (Lipinski definition) is 6. The van der Waals surface area contributed by atoms with Gasteiger partial charge >= 0.3 is 6.18 Å². The van der Waals surface area contributed by atoms with Crippen molar-refractivity contribution in [2.45, 2.75) is 12.7 Å². The van der Waals surface area contributed by atoms with Gasteiger partial charge in [-0.25, -0.2) is 0 Å². The number of nitrogens with one attached hydrogen (secondary N) is 1. The van der Waals surface area contributed by atoms with Crippen LogP contribution < -0.4 is 5.56 Å². The summed E-state index contributed by atoms with van der Waals surface area (Å²) in [7, 11) is 1.35. The molecule has 0 aliphatic heterocycles. The third-order valence-corrected chi connectivity index (χ3v) is 3.53. The van der Waals surface area contributed by atoms with Crippen LogP contribution in [-0.2, 0) is 12.7 Å². The van der Waals surface area contributed by atoms with Crippen LogP contribution in [0.25, 0.3) is 11.5 Å². The van der Waals surface area contributed by atoms with Crippen LogP contribution in [0.4, 0.5) is 13.2 Å². The Hall–Kier alpha value is -3.50. The molecule has 0 atom stereocenters. The number of amides is 1. The molecule has 0 unspecified atom stereocenters. The molecule has 0 bridgehead atoms. The molecule has 0 saturated carbocycles. The van der Waals surface area contributed by atoms with Crippen molar-refractivity contribution >= 4 is 5.91 Å². The molecule has 0 fully saturated rings. The van der Waals surface area contributed by atoms with E-state index in [4.69, 9.17) is 4.52 Å². The van der Waals surface area contributed by atoms with Gasteiger partial charge in [0.15, 0.2) is 0 Å². The van der Waals surface area contributed by atoms with E-state index < -0.39 is 28.9 Å². The van der Waals surface area contributed by atoms with E-state index in [1.54, 1.807) is 29.4 Å². The second-order valence-corrected chi connectivity index (χ2v) is 5.50. The predicted molar refractivity (Wildman–Crippen MR) is 85.4 cm³/mol. The number of carbonyl (C=O) groups is 1. The van der Waals surface area contributed by atoms with Crippen LogP contribution in [0.2, 0.25) is 0 Å². The molecular formula is C16H12F3N5O3. The van der Waals surface area contributed by atoms with Crippen molar-refractivity contribution in [3.05, 3.63) is 64.0 Å². The van der Waals surface area contributed by atoms with Crippen LogP contribution in [0.3, 0.4) is 0 Å². The zero-order valence-corrected chi connectivity index (χ0v) is 13.8. The molecule has 3 aromatic heterocycles. The third kappa shape index (κ3) is 4.02. The number of pyridine rings is 2. The first-order valence-electron chi connectivity index (χ1n) is 7.55. The van der Waals surface area contributed by atoms with Gasteiger partial charge < -0.3 is 14.4 Å². The lowest BCUT2D eigenvalue weighted by Crippen LogP contribution is -2.32. The number of alkyl halides is 3. The zero-order valence-electron chi connectivity index (χ0n) is 13.8. The third-order valence-electron chi connectivity index (χ3n) is 3.53. The van der Waals surface area contributed by atoms with Crippen molar-refractivity contribution in [2.24, 2.45) is 0 Å². The summed E-state index contributed by atoms with van der Waals surface area (Å²) in [5, 5.41) is 3.75. The van der Waals surface area contributed by atoms with Crippen LogP contribution in [-0.4, -0.2) is 38.0 Å². The van der Waals surface area contributed by atoms with Gasteiger partial charge in [0.2, 0.25) is 11.7 Å². The standard InChI is InChI=1S/C16H12F3N5O3/c1-24(8-12-22-13(23-27-12)10-4-2-3-7-20-10)15(26)9-5-6-11(16(17,18)19)21-14(9)25/h2-7H,8H2,1H3,(H,21,25). The van der Waals surface area contributed by atoms with Crippen LogP contribution in [0.1, 0.15) is 21.9 Å². The summed E-state index contributed by atoms with van der Waals surface area (Å²) >= 11 is 0. The molecule has 1 amide bonds. The topological polar surface area (TPSA) is 105 Å². The first-order valence-corrected chi connectivity index (χ1v) is 7.55. The molecule has 0 aliphatic carbocycles. The fourth-order valence-corrected chi connectivity index (χ4v) is 2.21. The first kappa shape index (κ1) is 18.3. The fourth-order valence-electron chi connectivity index (χ4n) is 2.21. The second kappa shape index (κ2) is 7.02. The maximum atomic E-state index is 12.6. The normalized spacial score (nSPS) is 11.4. The molecule has 0 aromatic carbocycles. The fraction of sp³-hybridized carbons (Fsp3) is 0.188. The van der Waals surface area contributed by atoms with Gasteiger partial charge in [-0.05, 0) is 24.3 Å². The summed E-state index contributed by atoms with van der Waals surface area (Å²) in [6, 6.07) is 6.59. The molecule has 0 radical (unpaired) electrons. The summed E-state index contributed by atoms with van der Waals surface area (Å²) in [6.45, 7) is -0.140. The molecule has 1 N–H and O–H groups in total. The van der Waals surface area contributed by atoms with E-state index >= 15 is 0 Å². The molecule has 3 heterocycles. The van der Waals surface area contributed by atoms with E-state index in [0.29, 0.717) is 11.8 Å². The van der Waals surface area contributed by atoms with Gasteiger partial charge in [-0.1, -0.05) is 11.2 Å². The number of aromatic amines is 1. The average Bonchev–Trinajstić information content (AvgIpc) is 3.09. The van der Waals surface area contributed by atoms with Crippen LogP contribution in [0, 0.1) is 0 Å². The van der Waals surface area contributed by atoms with Gasteiger partial charge in [0.1, 0.15) is 23.5 Å². The van der Waals surface area contributed by atoms with E-state index in [9.17, 15) is 22.8 Å². The van der Waals surface area contributed by atoms with Crippen LogP contribution >= 0.6 is 0 Å². The molecule has 27 heavy (non-hydrogen) atoms. The Balaban J connectivity index is 1.75. The van der Waals surface area contributed by atoms with Gasteiger partial charge in [0.05, 0.1) is 0 Å². The summed E-state index contributed by atoms with van der Waals surface area (Å²) in [5.74, 6) is -0.490. The Kier molecular flexibility index (Phi) is 4.75. The van der Waals surface area contributed by atoms with E-state index in [1.807, 2.05) is 0 Å².